The predicted octanol–water partition coefficient (Wildman–Crippen LogP) is 4.33. The molecule has 0 bridgehead atoms. The van der Waals surface area contributed by atoms with Crippen LogP contribution >= 0.6 is 34.8 Å². The zero-order valence-corrected chi connectivity index (χ0v) is 18.2. The molecular formula is C22H24Cl3N3O. The van der Waals surface area contributed by atoms with Crippen molar-refractivity contribution in [1.29, 1.82) is 0 Å². The molecule has 1 heterocycles. The van der Waals surface area contributed by atoms with Gasteiger partial charge < -0.3 is 5.32 Å². The summed E-state index contributed by atoms with van der Waals surface area (Å²) >= 11 is 18.6. The average molecular weight is 453 g/mol. The number of piperazine rings is 1. The first-order valence-electron chi connectivity index (χ1n) is 9.52. The van der Waals surface area contributed by atoms with Gasteiger partial charge in [0.05, 0.1) is 0 Å². The number of alkyl halides is 3. The van der Waals surface area contributed by atoms with Crippen LogP contribution in [-0.4, -0.2) is 51.8 Å². The number of hydrogen-bond donors (Lipinski definition) is 1. The lowest BCUT2D eigenvalue weighted by Gasteiger charge is -2.41. The molecule has 1 amide bonds. The first kappa shape index (κ1) is 22.1. The molecule has 154 valence electrons. The Kier molecular flexibility index (Phi) is 7.99. The van der Waals surface area contributed by atoms with Crippen molar-refractivity contribution < 1.29 is 4.79 Å². The molecule has 1 N–H and O–H groups in total. The Balaban J connectivity index is 1.57. The van der Waals surface area contributed by atoms with Gasteiger partial charge in [0.25, 0.3) is 0 Å². The molecule has 4 nitrogen and oxygen atoms in total. The lowest BCUT2D eigenvalue weighted by atomic mass is 10.2. The maximum absolute atomic E-state index is 12.4. The van der Waals surface area contributed by atoms with Crippen molar-refractivity contribution in [3.05, 3.63) is 77.9 Å². The van der Waals surface area contributed by atoms with Gasteiger partial charge in [-0.05, 0) is 17.2 Å². The molecule has 7 heteroatoms. The molecule has 0 radical (unpaired) electrons. The summed E-state index contributed by atoms with van der Waals surface area (Å²) in [7, 11) is 0. The zero-order valence-electron chi connectivity index (χ0n) is 16.0. The molecule has 2 aromatic carbocycles. The van der Waals surface area contributed by atoms with Gasteiger partial charge in [0, 0.05) is 38.8 Å². The van der Waals surface area contributed by atoms with Gasteiger partial charge in [0.15, 0.2) is 0 Å². The SMILES string of the molecule is O=C(C=Cc1ccccc1)NC(N1CCN(Cc2ccccc2)CC1)C(Cl)(Cl)Cl. The van der Waals surface area contributed by atoms with E-state index in [0.29, 0.717) is 13.1 Å². The van der Waals surface area contributed by atoms with E-state index < -0.39 is 9.96 Å². The highest BCUT2D eigenvalue weighted by atomic mass is 35.6. The van der Waals surface area contributed by atoms with Crippen LogP contribution in [0.25, 0.3) is 6.08 Å². The van der Waals surface area contributed by atoms with E-state index in [-0.39, 0.29) is 5.91 Å². The number of halogens is 3. The van der Waals surface area contributed by atoms with Gasteiger partial charge in [-0.2, -0.15) is 0 Å². The summed E-state index contributed by atoms with van der Waals surface area (Å²) in [4.78, 5) is 16.8. The number of nitrogens with zero attached hydrogens (tertiary/aromatic N) is 2. The Bertz CT molecular complexity index is 801. The van der Waals surface area contributed by atoms with Gasteiger partial charge in [-0.3, -0.25) is 14.6 Å². The highest BCUT2D eigenvalue weighted by Gasteiger charge is 2.39. The van der Waals surface area contributed by atoms with Crippen LogP contribution in [0.5, 0.6) is 0 Å². The summed E-state index contributed by atoms with van der Waals surface area (Å²) in [5, 5.41) is 2.85. The Labute approximate surface area is 187 Å². The van der Waals surface area contributed by atoms with Crippen LogP contribution in [0.3, 0.4) is 0 Å². The second-order valence-corrected chi connectivity index (χ2v) is 9.36. The third kappa shape index (κ3) is 7.02. The van der Waals surface area contributed by atoms with Crippen LogP contribution in [0.15, 0.2) is 66.7 Å². The fourth-order valence-electron chi connectivity index (χ4n) is 3.32. The molecular weight excluding hydrogens is 429 g/mol. The van der Waals surface area contributed by atoms with Crippen LogP contribution in [-0.2, 0) is 11.3 Å². The first-order valence-corrected chi connectivity index (χ1v) is 10.7. The number of rotatable bonds is 6. The van der Waals surface area contributed by atoms with E-state index in [1.165, 1.54) is 11.6 Å². The molecule has 1 fully saturated rings. The highest BCUT2D eigenvalue weighted by Crippen LogP contribution is 2.32. The molecule has 3 rings (SSSR count). The van der Waals surface area contributed by atoms with Crippen molar-refractivity contribution >= 4 is 46.8 Å². The third-order valence-electron chi connectivity index (χ3n) is 4.84. The van der Waals surface area contributed by atoms with Crippen molar-refractivity contribution in [1.82, 2.24) is 15.1 Å². The Hall–Kier alpha value is -1.56. The van der Waals surface area contributed by atoms with E-state index in [1.54, 1.807) is 6.08 Å². The minimum absolute atomic E-state index is 0.295. The lowest BCUT2D eigenvalue weighted by molar-refractivity contribution is -0.118. The molecule has 1 atom stereocenters. The molecule has 0 aromatic heterocycles. The normalized spacial score (nSPS) is 17.3. The highest BCUT2D eigenvalue weighted by molar-refractivity contribution is 6.68. The Morgan fingerprint density at radius 3 is 2.14 bits per heavy atom. The maximum Gasteiger partial charge on any atom is 0.245 e. The second-order valence-electron chi connectivity index (χ2n) is 6.99. The largest absolute Gasteiger partial charge is 0.333 e. The van der Waals surface area contributed by atoms with Crippen molar-refractivity contribution in [3.8, 4) is 0 Å². The van der Waals surface area contributed by atoms with E-state index in [9.17, 15) is 4.79 Å². The maximum atomic E-state index is 12.4. The Morgan fingerprint density at radius 1 is 0.966 bits per heavy atom. The van der Waals surface area contributed by atoms with Crippen LogP contribution in [0.1, 0.15) is 11.1 Å². The van der Waals surface area contributed by atoms with Gasteiger partial charge >= 0.3 is 0 Å². The molecule has 0 spiro atoms. The monoisotopic (exact) mass is 451 g/mol. The van der Waals surface area contributed by atoms with E-state index in [0.717, 1.165) is 25.2 Å². The minimum Gasteiger partial charge on any atom is -0.333 e. The van der Waals surface area contributed by atoms with E-state index in [2.05, 4.69) is 22.3 Å². The van der Waals surface area contributed by atoms with Crippen LogP contribution in [0, 0.1) is 0 Å². The van der Waals surface area contributed by atoms with E-state index >= 15 is 0 Å². The summed E-state index contributed by atoms with van der Waals surface area (Å²) in [6.45, 7) is 3.96. The summed E-state index contributed by atoms with van der Waals surface area (Å²) in [5.41, 5.74) is 2.21. The molecule has 1 saturated heterocycles. The number of carbonyl (C=O) groups excluding carboxylic acids is 1. The summed E-state index contributed by atoms with van der Waals surface area (Å²) in [6, 6.07) is 19.9. The smallest absolute Gasteiger partial charge is 0.245 e. The van der Waals surface area contributed by atoms with Gasteiger partial charge in [0.1, 0.15) is 6.17 Å². The molecule has 1 aliphatic rings. The number of carbonyl (C=O) groups is 1. The number of nitrogens with one attached hydrogen (secondary N) is 1. The zero-order chi connectivity index (χ0) is 20.7. The topological polar surface area (TPSA) is 35.6 Å². The standard InChI is InChI=1S/C22H24Cl3N3O/c23-22(24,25)21(26-20(29)12-11-18-7-3-1-4-8-18)28-15-13-27(14-16-28)17-19-9-5-2-6-10-19/h1-12,21H,13-17H2,(H,26,29). The van der Waals surface area contributed by atoms with Gasteiger partial charge in [0.2, 0.25) is 9.70 Å². The van der Waals surface area contributed by atoms with Crippen molar-refractivity contribution in [2.45, 2.75) is 16.5 Å². The van der Waals surface area contributed by atoms with Crippen LogP contribution in [0.4, 0.5) is 0 Å². The number of benzene rings is 2. The van der Waals surface area contributed by atoms with Crippen molar-refractivity contribution in [3.63, 3.8) is 0 Å². The van der Waals surface area contributed by atoms with Crippen molar-refractivity contribution in [2.75, 3.05) is 26.2 Å². The number of amides is 1. The van der Waals surface area contributed by atoms with Gasteiger partial charge in [-0.25, -0.2) is 0 Å². The summed E-state index contributed by atoms with van der Waals surface area (Å²) in [5.74, 6) is -0.295. The number of hydrogen-bond acceptors (Lipinski definition) is 3. The molecule has 29 heavy (non-hydrogen) atoms. The predicted molar refractivity (Wildman–Crippen MR) is 121 cm³/mol. The second kappa shape index (κ2) is 10.5. The molecule has 0 aliphatic carbocycles. The minimum atomic E-state index is -1.63. The summed E-state index contributed by atoms with van der Waals surface area (Å²) < 4.78 is -1.63. The fraction of sp³-hybridized carbons (Fsp3) is 0.318. The Morgan fingerprint density at radius 2 is 1.55 bits per heavy atom. The first-order chi connectivity index (χ1) is 13.9. The van der Waals surface area contributed by atoms with E-state index in [4.69, 9.17) is 34.8 Å². The van der Waals surface area contributed by atoms with Crippen LogP contribution < -0.4 is 5.32 Å². The summed E-state index contributed by atoms with van der Waals surface area (Å²) in [6.07, 6.45) is 2.51. The van der Waals surface area contributed by atoms with Gasteiger partial charge in [-0.1, -0.05) is 95.5 Å². The lowest BCUT2D eigenvalue weighted by Crippen LogP contribution is -2.60. The van der Waals surface area contributed by atoms with E-state index in [1.807, 2.05) is 53.4 Å². The van der Waals surface area contributed by atoms with Crippen molar-refractivity contribution in [2.24, 2.45) is 0 Å². The molecule has 0 saturated carbocycles. The molecule has 1 unspecified atom stereocenters. The molecule has 1 aliphatic heterocycles. The average Bonchev–Trinajstić information content (AvgIpc) is 2.72. The fourth-order valence-corrected chi connectivity index (χ4v) is 3.90. The van der Waals surface area contributed by atoms with Gasteiger partial charge in [-0.15, -0.1) is 0 Å². The third-order valence-corrected chi connectivity index (χ3v) is 5.46. The van der Waals surface area contributed by atoms with Crippen LogP contribution in [0.2, 0.25) is 0 Å². The quantitative estimate of drug-likeness (QED) is 0.523. The molecule has 2 aromatic rings.